The van der Waals surface area contributed by atoms with E-state index < -0.39 is 0 Å². The number of hydrogen-bond acceptors (Lipinski definition) is 6. The predicted molar refractivity (Wildman–Crippen MR) is 135 cm³/mol. The molecule has 0 radical (unpaired) electrons. The normalized spacial score (nSPS) is 11.0. The topological polar surface area (TPSA) is 70.3 Å². The van der Waals surface area contributed by atoms with Gasteiger partial charge in [-0.05, 0) is 54.2 Å². The number of hydrogen-bond donors (Lipinski definition) is 0. The van der Waals surface area contributed by atoms with Gasteiger partial charge in [0.2, 0.25) is 0 Å². The Morgan fingerprint density at radius 1 is 0.765 bits per heavy atom. The number of aryl methyl sites for hydroxylation is 1. The zero-order valence-corrected chi connectivity index (χ0v) is 20.8. The summed E-state index contributed by atoms with van der Waals surface area (Å²) in [5.74, 6) is 2.60. The highest BCUT2D eigenvalue weighted by Crippen LogP contribution is 2.21. The molecule has 2 heterocycles. The minimum Gasteiger partial charge on any atom is -0.486 e. The van der Waals surface area contributed by atoms with Crippen molar-refractivity contribution in [3.05, 3.63) is 54.0 Å². The highest BCUT2D eigenvalue weighted by atomic mass is 16.5. The van der Waals surface area contributed by atoms with Crippen LogP contribution in [0.25, 0.3) is 11.4 Å². The second kappa shape index (κ2) is 15.1. The number of aromatic nitrogens is 3. The summed E-state index contributed by atoms with van der Waals surface area (Å²) in [5.41, 5.74) is 2.18. The van der Waals surface area contributed by atoms with Crippen LogP contribution in [0.15, 0.2) is 47.2 Å². The van der Waals surface area contributed by atoms with Crippen LogP contribution in [0.5, 0.6) is 11.6 Å². The van der Waals surface area contributed by atoms with Gasteiger partial charge in [0, 0.05) is 24.0 Å². The molecule has 0 amide bonds. The van der Waals surface area contributed by atoms with E-state index in [1.165, 1.54) is 63.4 Å². The van der Waals surface area contributed by atoms with E-state index in [2.05, 4.69) is 22.0 Å². The summed E-state index contributed by atoms with van der Waals surface area (Å²) in [4.78, 5) is 9.13. The molecule has 3 rings (SSSR count). The van der Waals surface area contributed by atoms with Gasteiger partial charge in [-0.25, -0.2) is 9.97 Å². The molecule has 3 aromatic rings. The van der Waals surface area contributed by atoms with Crippen LogP contribution in [0.1, 0.15) is 89.4 Å². The number of unbranched alkanes of at least 4 members (excludes halogenated alkanes) is 8. The van der Waals surface area contributed by atoms with E-state index in [0.29, 0.717) is 24.9 Å². The fourth-order valence-electron chi connectivity index (χ4n) is 3.76. The van der Waals surface area contributed by atoms with Crippen molar-refractivity contribution in [2.24, 2.45) is 0 Å². The van der Waals surface area contributed by atoms with E-state index in [1.54, 1.807) is 6.07 Å². The average molecular weight is 466 g/mol. The van der Waals surface area contributed by atoms with Crippen molar-refractivity contribution in [2.45, 2.75) is 91.1 Å². The maximum absolute atomic E-state index is 5.79. The number of ether oxygens (including phenoxy) is 2. The molecule has 0 spiro atoms. The van der Waals surface area contributed by atoms with Crippen molar-refractivity contribution in [3.63, 3.8) is 0 Å². The average Bonchev–Trinajstić information content (AvgIpc) is 3.34. The number of nitrogens with zero attached hydrogens (tertiary/aromatic N) is 3. The zero-order valence-electron chi connectivity index (χ0n) is 20.8. The van der Waals surface area contributed by atoms with Crippen LogP contribution in [0.4, 0.5) is 0 Å². The van der Waals surface area contributed by atoms with Gasteiger partial charge in [0.1, 0.15) is 12.4 Å². The maximum Gasteiger partial charge on any atom is 0.254 e. The lowest BCUT2D eigenvalue weighted by Crippen LogP contribution is -1.96. The lowest BCUT2D eigenvalue weighted by Gasteiger charge is -2.06. The molecule has 0 saturated carbocycles. The second-order valence-electron chi connectivity index (χ2n) is 8.79. The van der Waals surface area contributed by atoms with Gasteiger partial charge in [0.05, 0.1) is 6.61 Å². The highest BCUT2D eigenvalue weighted by molar-refractivity contribution is 5.55. The fourth-order valence-corrected chi connectivity index (χ4v) is 3.76. The zero-order chi connectivity index (χ0) is 23.8. The van der Waals surface area contributed by atoms with E-state index in [-0.39, 0.29) is 0 Å². The number of rotatable bonds is 17. The Balaban J connectivity index is 1.36. The molecular formula is C28H39N3O3. The lowest BCUT2D eigenvalue weighted by atomic mass is 10.1. The van der Waals surface area contributed by atoms with Crippen molar-refractivity contribution in [2.75, 3.05) is 6.61 Å². The van der Waals surface area contributed by atoms with Crippen LogP contribution >= 0.6 is 0 Å². The third-order valence-corrected chi connectivity index (χ3v) is 5.76. The standard InChI is InChI=1S/C28H39N3O3/c1-3-5-6-7-8-9-10-11-12-13-23-20-29-28(30-21-23)24-14-16-25(17-15-24)33-22-26-19-27(31-34-26)32-18-4-2/h14-17,19-21H,3-13,18,22H2,1-2H3. The molecule has 6 nitrogen and oxygen atoms in total. The summed E-state index contributed by atoms with van der Waals surface area (Å²) in [6.45, 7) is 5.23. The van der Waals surface area contributed by atoms with E-state index in [0.717, 1.165) is 30.0 Å². The first-order chi connectivity index (χ1) is 16.8. The minimum atomic E-state index is 0.298. The summed E-state index contributed by atoms with van der Waals surface area (Å²) in [5, 5.41) is 3.88. The van der Waals surface area contributed by atoms with Crippen LogP contribution in [-0.4, -0.2) is 21.7 Å². The Morgan fingerprint density at radius 3 is 2.12 bits per heavy atom. The predicted octanol–water partition coefficient (Wildman–Crippen LogP) is 7.57. The van der Waals surface area contributed by atoms with Crippen molar-refractivity contribution < 1.29 is 14.0 Å². The first kappa shape index (κ1) is 25.7. The monoisotopic (exact) mass is 465 g/mol. The van der Waals surface area contributed by atoms with Crippen LogP contribution < -0.4 is 9.47 Å². The highest BCUT2D eigenvalue weighted by Gasteiger charge is 2.07. The van der Waals surface area contributed by atoms with E-state index >= 15 is 0 Å². The van der Waals surface area contributed by atoms with Gasteiger partial charge in [-0.1, -0.05) is 65.2 Å². The third-order valence-electron chi connectivity index (χ3n) is 5.76. The summed E-state index contributed by atoms with van der Waals surface area (Å²) in [7, 11) is 0. The fraction of sp³-hybridized carbons (Fsp3) is 0.536. The quantitative estimate of drug-likeness (QED) is 0.191. The maximum atomic E-state index is 5.79. The van der Waals surface area contributed by atoms with Gasteiger partial charge in [-0.3, -0.25) is 0 Å². The Labute approximate surface area is 204 Å². The molecule has 0 fully saturated rings. The molecule has 0 aliphatic rings. The van der Waals surface area contributed by atoms with Crippen LogP contribution in [0.3, 0.4) is 0 Å². The van der Waals surface area contributed by atoms with Crippen molar-refractivity contribution in [1.29, 1.82) is 0 Å². The molecular weight excluding hydrogens is 426 g/mol. The lowest BCUT2D eigenvalue weighted by molar-refractivity contribution is 0.238. The van der Waals surface area contributed by atoms with Crippen LogP contribution in [-0.2, 0) is 13.0 Å². The summed E-state index contributed by atoms with van der Waals surface area (Å²) >= 11 is 0. The van der Waals surface area contributed by atoms with Crippen molar-refractivity contribution in [1.82, 2.24) is 15.1 Å². The van der Waals surface area contributed by atoms with Crippen molar-refractivity contribution in [3.8, 4) is 23.0 Å². The second-order valence-corrected chi connectivity index (χ2v) is 8.79. The Hall–Kier alpha value is -2.89. The first-order valence-corrected chi connectivity index (χ1v) is 12.9. The molecule has 34 heavy (non-hydrogen) atoms. The molecule has 0 atom stereocenters. The van der Waals surface area contributed by atoms with Gasteiger partial charge in [0.15, 0.2) is 11.6 Å². The largest absolute Gasteiger partial charge is 0.486 e. The Morgan fingerprint density at radius 2 is 1.44 bits per heavy atom. The molecule has 6 heteroatoms. The Kier molecular flexibility index (Phi) is 11.4. The first-order valence-electron chi connectivity index (χ1n) is 12.9. The molecule has 184 valence electrons. The van der Waals surface area contributed by atoms with E-state index in [1.807, 2.05) is 43.6 Å². The summed E-state index contributed by atoms with van der Waals surface area (Å²) in [6.07, 6.45) is 18.0. The molecule has 1 aromatic carbocycles. The molecule has 0 aliphatic carbocycles. The van der Waals surface area contributed by atoms with E-state index in [4.69, 9.17) is 14.0 Å². The molecule has 0 aliphatic heterocycles. The van der Waals surface area contributed by atoms with Gasteiger partial charge in [-0.2, -0.15) is 0 Å². The molecule has 0 N–H and O–H groups in total. The third kappa shape index (κ3) is 9.16. The van der Waals surface area contributed by atoms with Crippen LogP contribution in [0.2, 0.25) is 0 Å². The van der Waals surface area contributed by atoms with Gasteiger partial charge >= 0.3 is 0 Å². The minimum absolute atomic E-state index is 0.298. The Bertz CT molecular complexity index is 923. The van der Waals surface area contributed by atoms with E-state index in [9.17, 15) is 0 Å². The summed E-state index contributed by atoms with van der Waals surface area (Å²) < 4.78 is 16.5. The molecule has 0 saturated heterocycles. The molecule has 0 bridgehead atoms. The molecule has 2 aromatic heterocycles. The van der Waals surface area contributed by atoms with Crippen LogP contribution in [0, 0.1) is 0 Å². The van der Waals surface area contributed by atoms with Gasteiger partial charge in [-0.15, -0.1) is 0 Å². The smallest absolute Gasteiger partial charge is 0.254 e. The molecule has 0 unspecified atom stereocenters. The van der Waals surface area contributed by atoms with Gasteiger partial charge in [0.25, 0.3) is 5.88 Å². The van der Waals surface area contributed by atoms with Crippen molar-refractivity contribution >= 4 is 0 Å². The number of benzene rings is 1. The SMILES string of the molecule is CCCCCCCCCCCc1cnc(-c2ccc(OCc3cc(OCCC)no3)cc2)nc1. The summed E-state index contributed by atoms with van der Waals surface area (Å²) in [6, 6.07) is 9.54. The van der Waals surface area contributed by atoms with Gasteiger partial charge < -0.3 is 14.0 Å².